The summed E-state index contributed by atoms with van der Waals surface area (Å²) >= 11 is 1.76. The van der Waals surface area contributed by atoms with E-state index in [-0.39, 0.29) is 23.4 Å². The Morgan fingerprint density at radius 1 is 1.25 bits per heavy atom. The maximum atomic E-state index is 12.7. The summed E-state index contributed by atoms with van der Waals surface area (Å²) in [6.45, 7) is 12.5. The van der Waals surface area contributed by atoms with Crippen LogP contribution >= 0.6 is 11.3 Å². The highest BCUT2D eigenvalue weighted by atomic mass is 32.1. The van der Waals surface area contributed by atoms with Crippen molar-refractivity contribution in [1.82, 2.24) is 4.98 Å². The van der Waals surface area contributed by atoms with E-state index in [0.29, 0.717) is 30.1 Å². The second-order valence-corrected chi connectivity index (χ2v) is 14.9. The summed E-state index contributed by atoms with van der Waals surface area (Å²) < 4.78 is 6.20. The van der Waals surface area contributed by atoms with E-state index in [4.69, 9.17) is 9.72 Å². The van der Waals surface area contributed by atoms with Crippen LogP contribution in [0.2, 0.25) is 0 Å². The quantitative estimate of drug-likeness (QED) is 0.305. The molecule has 6 heteroatoms. The SMILES string of the molecule is C=C1/C(=C\C=C2/CCCC3(C)C(CCCC(OC(=O)C(C)C)C4(c5ncc(C)s5)CC4)CCC23)C[C@@H](O)C[C@@H]1O. The Balaban J connectivity index is 1.25. The van der Waals surface area contributed by atoms with E-state index in [9.17, 15) is 15.0 Å². The van der Waals surface area contributed by atoms with Crippen molar-refractivity contribution in [3.05, 3.63) is 51.5 Å². The Morgan fingerprint density at radius 2 is 2.02 bits per heavy atom. The van der Waals surface area contributed by atoms with Crippen molar-refractivity contribution in [2.24, 2.45) is 23.2 Å². The van der Waals surface area contributed by atoms with E-state index in [2.05, 4.69) is 32.6 Å². The summed E-state index contributed by atoms with van der Waals surface area (Å²) in [7, 11) is 0. The van der Waals surface area contributed by atoms with Crippen LogP contribution in [0.5, 0.6) is 0 Å². The average Bonchev–Trinajstić information content (AvgIpc) is 3.48. The Bertz CT molecular complexity index is 1160. The highest BCUT2D eigenvalue weighted by molar-refractivity contribution is 7.11. The molecule has 0 aliphatic heterocycles. The highest BCUT2D eigenvalue weighted by Crippen LogP contribution is 2.59. The van der Waals surface area contributed by atoms with E-state index < -0.39 is 12.2 Å². The number of esters is 1. The van der Waals surface area contributed by atoms with E-state index >= 15 is 0 Å². The summed E-state index contributed by atoms with van der Waals surface area (Å²) in [6.07, 6.45) is 17.5. The second-order valence-electron chi connectivity index (χ2n) is 13.7. The van der Waals surface area contributed by atoms with Crippen LogP contribution in [0.4, 0.5) is 0 Å². The first-order valence-electron chi connectivity index (χ1n) is 15.6. The Kier molecular flexibility index (Phi) is 8.81. The Morgan fingerprint density at radius 3 is 2.70 bits per heavy atom. The Hall–Kier alpha value is -1.76. The molecule has 4 saturated carbocycles. The monoisotopic (exact) mass is 567 g/mol. The minimum atomic E-state index is -0.640. The van der Waals surface area contributed by atoms with E-state index in [1.165, 1.54) is 42.6 Å². The van der Waals surface area contributed by atoms with Crippen LogP contribution < -0.4 is 0 Å². The molecule has 4 unspecified atom stereocenters. The van der Waals surface area contributed by atoms with Crippen LogP contribution in [0, 0.1) is 30.1 Å². The van der Waals surface area contributed by atoms with Gasteiger partial charge in [-0.25, -0.2) is 4.98 Å². The molecular weight excluding hydrogens is 518 g/mol. The molecule has 5 rings (SSSR count). The summed E-state index contributed by atoms with van der Waals surface area (Å²) in [6, 6.07) is 0. The number of aliphatic hydroxyl groups excluding tert-OH is 2. The van der Waals surface area contributed by atoms with Crippen molar-refractivity contribution in [1.29, 1.82) is 0 Å². The van der Waals surface area contributed by atoms with Crippen LogP contribution in [-0.2, 0) is 14.9 Å². The van der Waals surface area contributed by atoms with Crippen molar-refractivity contribution in [2.45, 2.75) is 128 Å². The van der Waals surface area contributed by atoms with E-state index in [1.54, 1.807) is 11.3 Å². The molecule has 0 bridgehead atoms. The molecule has 0 aromatic carbocycles. The third kappa shape index (κ3) is 5.91. The lowest BCUT2D eigenvalue weighted by Gasteiger charge is -2.42. The van der Waals surface area contributed by atoms with Gasteiger partial charge in [0, 0.05) is 17.5 Å². The molecule has 5 nitrogen and oxygen atoms in total. The van der Waals surface area contributed by atoms with Crippen molar-refractivity contribution < 1.29 is 19.7 Å². The number of allylic oxidation sites excluding steroid dienone is 3. The zero-order valence-corrected chi connectivity index (χ0v) is 25.8. The van der Waals surface area contributed by atoms with Gasteiger partial charge in [0.05, 0.1) is 23.5 Å². The first kappa shape index (κ1) is 29.7. The molecule has 0 spiro atoms. The largest absolute Gasteiger partial charge is 0.461 e. The molecule has 4 aliphatic carbocycles. The lowest BCUT2D eigenvalue weighted by atomic mass is 9.62. The number of aromatic nitrogens is 1. The maximum Gasteiger partial charge on any atom is 0.308 e. The number of rotatable bonds is 9. The lowest BCUT2D eigenvalue weighted by molar-refractivity contribution is -0.155. The minimum Gasteiger partial charge on any atom is -0.461 e. The van der Waals surface area contributed by atoms with Gasteiger partial charge in [0.2, 0.25) is 0 Å². The fourth-order valence-corrected chi connectivity index (χ4v) is 9.01. The van der Waals surface area contributed by atoms with Gasteiger partial charge in [-0.15, -0.1) is 11.3 Å². The highest BCUT2D eigenvalue weighted by Gasteiger charge is 2.55. The van der Waals surface area contributed by atoms with E-state index in [1.807, 2.05) is 20.0 Å². The summed E-state index contributed by atoms with van der Waals surface area (Å²) in [5, 5.41) is 21.5. The number of aliphatic hydroxyl groups is 2. The molecule has 1 heterocycles. The molecule has 4 aliphatic rings. The number of hydrogen-bond acceptors (Lipinski definition) is 6. The fraction of sp³-hybridized carbons (Fsp3) is 0.706. The number of carbonyl (C=O) groups excluding carboxylic acids is 1. The molecule has 6 atom stereocenters. The van der Waals surface area contributed by atoms with Gasteiger partial charge in [0.15, 0.2) is 0 Å². The van der Waals surface area contributed by atoms with Crippen LogP contribution in [0.25, 0.3) is 0 Å². The smallest absolute Gasteiger partial charge is 0.308 e. The third-order valence-corrected chi connectivity index (χ3v) is 11.8. The van der Waals surface area contributed by atoms with Crippen molar-refractivity contribution in [3.63, 3.8) is 0 Å². The van der Waals surface area contributed by atoms with Gasteiger partial charge in [-0.2, -0.15) is 0 Å². The predicted molar refractivity (Wildman–Crippen MR) is 161 cm³/mol. The lowest BCUT2D eigenvalue weighted by Crippen LogP contribution is -2.34. The molecule has 0 saturated heterocycles. The standard InChI is InChI=1S/C34H49NO4S/c1-21(2)31(38)39-30(34(16-17-34)32-35-20-22(3)40-32)10-6-9-26-13-14-28-24(8-7-15-33(26,28)5)11-12-25-18-27(36)19-29(37)23(25)4/h11-12,20-21,26-30,36-37H,4,6-10,13-19H2,1-3,5H3/b24-11+,25-12-/t26?,27-,28?,29+,30?,33?/m1/s1. The van der Waals surface area contributed by atoms with Gasteiger partial charge < -0.3 is 14.9 Å². The number of hydrogen-bond donors (Lipinski definition) is 2. The van der Waals surface area contributed by atoms with Crippen LogP contribution in [-0.4, -0.2) is 39.5 Å². The molecule has 1 aromatic heterocycles. The number of aryl methyl sites for hydroxylation is 1. The van der Waals surface area contributed by atoms with Crippen molar-refractivity contribution >= 4 is 17.3 Å². The number of nitrogens with zero attached hydrogens (tertiary/aromatic N) is 1. The van der Waals surface area contributed by atoms with Gasteiger partial charge in [-0.05, 0) is 106 Å². The summed E-state index contributed by atoms with van der Waals surface area (Å²) in [5.74, 6) is 1.07. The zero-order chi connectivity index (χ0) is 28.7. The third-order valence-electron chi connectivity index (χ3n) is 10.6. The molecule has 220 valence electrons. The van der Waals surface area contributed by atoms with Crippen molar-refractivity contribution in [2.75, 3.05) is 0 Å². The van der Waals surface area contributed by atoms with Crippen molar-refractivity contribution in [3.8, 4) is 0 Å². The van der Waals surface area contributed by atoms with Crippen LogP contribution in [0.15, 0.2) is 41.6 Å². The van der Waals surface area contributed by atoms with Crippen LogP contribution in [0.1, 0.15) is 108 Å². The van der Waals surface area contributed by atoms with Gasteiger partial charge in [-0.3, -0.25) is 4.79 Å². The summed E-state index contributed by atoms with van der Waals surface area (Å²) in [5.41, 5.74) is 3.51. The first-order chi connectivity index (χ1) is 19.0. The van der Waals surface area contributed by atoms with Gasteiger partial charge in [0.25, 0.3) is 0 Å². The molecule has 4 fully saturated rings. The van der Waals surface area contributed by atoms with Gasteiger partial charge in [-0.1, -0.05) is 45.1 Å². The van der Waals surface area contributed by atoms with Crippen LogP contribution in [0.3, 0.4) is 0 Å². The normalized spacial score (nSPS) is 34.3. The van der Waals surface area contributed by atoms with Gasteiger partial charge >= 0.3 is 5.97 Å². The maximum absolute atomic E-state index is 12.7. The second kappa shape index (κ2) is 11.9. The minimum absolute atomic E-state index is 0.0792. The molecule has 1 aromatic rings. The molecule has 0 radical (unpaired) electrons. The molecule has 40 heavy (non-hydrogen) atoms. The number of carbonyl (C=O) groups is 1. The Labute approximate surface area is 244 Å². The zero-order valence-electron chi connectivity index (χ0n) is 25.0. The van der Waals surface area contributed by atoms with Gasteiger partial charge in [0.1, 0.15) is 11.1 Å². The first-order valence-corrected chi connectivity index (χ1v) is 16.4. The molecule has 0 amide bonds. The number of fused-ring (bicyclic) bond motifs is 1. The number of thiazole rings is 1. The fourth-order valence-electron chi connectivity index (χ4n) is 7.95. The average molecular weight is 568 g/mol. The topological polar surface area (TPSA) is 79.7 Å². The predicted octanol–water partition coefficient (Wildman–Crippen LogP) is 7.36. The summed E-state index contributed by atoms with van der Waals surface area (Å²) in [4.78, 5) is 18.7. The molecule has 2 N–H and O–H groups in total. The molecular formula is C34H49NO4S. The number of ether oxygens (including phenoxy) is 1. The van der Waals surface area contributed by atoms with E-state index in [0.717, 1.165) is 48.3 Å².